The van der Waals surface area contributed by atoms with Gasteiger partial charge in [0.05, 0.1) is 16.7 Å². The fourth-order valence-electron chi connectivity index (χ4n) is 1.80. The second-order valence-electron chi connectivity index (χ2n) is 3.86. The Balaban J connectivity index is 2.34. The number of nitrogens with zero attached hydrogens (tertiary/aromatic N) is 2. The fraction of sp³-hybridized carbons (Fsp3) is 0.300. The minimum absolute atomic E-state index is 0.0357. The SMILES string of the molecule is NC1CC(=O)N(c2ccc([N+](=O)[O-])cc2F)C1. The molecule has 0 bridgehead atoms. The van der Waals surface area contributed by atoms with E-state index in [4.69, 9.17) is 5.73 Å². The third-order valence-corrected chi connectivity index (χ3v) is 2.59. The number of benzene rings is 1. The first-order chi connectivity index (χ1) is 7.99. The maximum Gasteiger partial charge on any atom is 0.272 e. The van der Waals surface area contributed by atoms with Gasteiger partial charge in [-0.25, -0.2) is 4.39 Å². The van der Waals surface area contributed by atoms with Gasteiger partial charge in [0.15, 0.2) is 5.82 Å². The van der Waals surface area contributed by atoms with E-state index in [0.717, 1.165) is 12.1 Å². The van der Waals surface area contributed by atoms with Crippen molar-refractivity contribution in [3.8, 4) is 0 Å². The fourth-order valence-corrected chi connectivity index (χ4v) is 1.80. The normalized spacial score (nSPS) is 19.8. The molecule has 1 saturated heterocycles. The van der Waals surface area contributed by atoms with Gasteiger partial charge in [0.1, 0.15) is 0 Å². The average molecular weight is 239 g/mol. The summed E-state index contributed by atoms with van der Waals surface area (Å²) in [4.78, 5) is 22.5. The minimum atomic E-state index is -0.790. The van der Waals surface area contributed by atoms with Crippen molar-refractivity contribution in [2.75, 3.05) is 11.4 Å². The summed E-state index contributed by atoms with van der Waals surface area (Å²) < 4.78 is 13.6. The average Bonchev–Trinajstić information content (AvgIpc) is 2.57. The molecule has 7 heteroatoms. The van der Waals surface area contributed by atoms with E-state index < -0.39 is 10.7 Å². The number of carbonyl (C=O) groups excluding carboxylic acids is 1. The number of nitro benzene ring substituents is 1. The molecule has 2 rings (SSSR count). The van der Waals surface area contributed by atoms with E-state index >= 15 is 0 Å². The Hall–Kier alpha value is -2.02. The predicted octanol–water partition coefficient (Wildman–Crippen LogP) is 0.798. The van der Waals surface area contributed by atoms with Crippen LogP contribution in [0.5, 0.6) is 0 Å². The number of hydrogen-bond donors (Lipinski definition) is 1. The number of amides is 1. The second kappa shape index (κ2) is 4.10. The highest BCUT2D eigenvalue weighted by atomic mass is 19.1. The van der Waals surface area contributed by atoms with Gasteiger partial charge in [0, 0.05) is 25.1 Å². The predicted molar refractivity (Wildman–Crippen MR) is 58.0 cm³/mol. The molecule has 1 aliphatic rings. The minimum Gasteiger partial charge on any atom is -0.326 e. The smallest absolute Gasteiger partial charge is 0.272 e. The summed E-state index contributed by atoms with van der Waals surface area (Å²) in [6, 6.07) is 2.86. The van der Waals surface area contributed by atoms with Gasteiger partial charge < -0.3 is 10.6 Å². The van der Waals surface area contributed by atoms with Crippen molar-refractivity contribution in [1.82, 2.24) is 0 Å². The van der Waals surface area contributed by atoms with E-state index in [9.17, 15) is 19.3 Å². The van der Waals surface area contributed by atoms with Gasteiger partial charge in [-0.3, -0.25) is 14.9 Å². The van der Waals surface area contributed by atoms with Gasteiger partial charge in [-0.2, -0.15) is 0 Å². The maximum absolute atomic E-state index is 13.6. The first kappa shape index (κ1) is 11.5. The van der Waals surface area contributed by atoms with Gasteiger partial charge >= 0.3 is 0 Å². The van der Waals surface area contributed by atoms with Crippen LogP contribution in [0.2, 0.25) is 0 Å². The molecule has 0 aromatic heterocycles. The van der Waals surface area contributed by atoms with Crippen LogP contribution in [0, 0.1) is 15.9 Å². The van der Waals surface area contributed by atoms with E-state index in [1.807, 2.05) is 0 Å². The zero-order valence-corrected chi connectivity index (χ0v) is 8.80. The van der Waals surface area contributed by atoms with Crippen LogP contribution in [0.25, 0.3) is 0 Å². The van der Waals surface area contributed by atoms with Gasteiger partial charge in [-0.1, -0.05) is 0 Å². The van der Waals surface area contributed by atoms with Crippen molar-refractivity contribution in [1.29, 1.82) is 0 Å². The molecule has 1 fully saturated rings. The van der Waals surface area contributed by atoms with E-state index in [2.05, 4.69) is 0 Å². The maximum atomic E-state index is 13.6. The molecule has 0 aliphatic carbocycles. The van der Waals surface area contributed by atoms with Crippen molar-refractivity contribution < 1.29 is 14.1 Å². The van der Waals surface area contributed by atoms with Crippen molar-refractivity contribution in [2.45, 2.75) is 12.5 Å². The zero-order valence-electron chi connectivity index (χ0n) is 8.80. The molecule has 0 spiro atoms. The lowest BCUT2D eigenvalue weighted by Crippen LogP contribution is -2.28. The highest BCUT2D eigenvalue weighted by Crippen LogP contribution is 2.27. The van der Waals surface area contributed by atoms with Gasteiger partial charge in [-0.15, -0.1) is 0 Å². The number of halogens is 1. The summed E-state index contributed by atoms with van der Waals surface area (Å²) >= 11 is 0. The standard InChI is InChI=1S/C10H10FN3O3/c11-8-4-7(14(16)17)1-2-9(8)13-5-6(12)3-10(13)15/h1-2,4,6H,3,5,12H2. The Morgan fingerprint density at radius 1 is 1.53 bits per heavy atom. The summed E-state index contributed by atoms with van der Waals surface area (Å²) in [7, 11) is 0. The number of anilines is 1. The molecule has 1 atom stereocenters. The summed E-state index contributed by atoms with van der Waals surface area (Å²) in [5.74, 6) is -1.06. The number of rotatable bonds is 2. The molecule has 2 N–H and O–H groups in total. The lowest BCUT2D eigenvalue weighted by Gasteiger charge is -2.16. The summed E-state index contributed by atoms with van der Waals surface area (Å²) in [6.45, 7) is 0.230. The lowest BCUT2D eigenvalue weighted by molar-refractivity contribution is -0.385. The number of nitrogens with two attached hydrogens (primary N) is 1. The summed E-state index contributed by atoms with van der Waals surface area (Å²) in [5, 5.41) is 10.4. The first-order valence-corrected chi connectivity index (χ1v) is 4.99. The molecule has 17 heavy (non-hydrogen) atoms. The van der Waals surface area contributed by atoms with Crippen LogP contribution in [0.15, 0.2) is 18.2 Å². The molecule has 0 saturated carbocycles. The second-order valence-corrected chi connectivity index (χ2v) is 3.86. The van der Waals surface area contributed by atoms with Gasteiger partial charge in [0.2, 0.25) is 5.91 Å². The molecule has 1 unspecified atom stereocenters. The van der Waals surface area contributed by atoms with Crippen LogP contribution in [-0.4, -0.2) is 23.4 Å². The van der Waals surface area contributed by atoms with E-state index in [-0.39, 0.29) is 36.3 Å². The number of carbonyl (C=O) groups is 1. The molecule has 0 radical (unpaired) electrons. The number of nitro groups is 1. The molecule has 6 nitrogen and oxygen atoms in total. The van der Waals surface area contributed by atoms with Crippen LogP contribution in [0.3, 0.4) is 0 Å². The monoisotopic (exact) mass is 239 g/mol. The molecule has 1 aromatic rings. The largest absolute Gasteiger partial charge is 0.326 e. The molecule has 1 heterocycles. The summed E-state index contributed by atoms with van der Waals surface area (Å²) in [6.07, 6.45) is 0.163. The topological polar surface area (TPSA) is 89.5 Å². The Morgan fingerprint density at radius 3 is 2.71 bits per heavy atom. The Morgan fingerprint density at radius 2 is 2.24 bits per heavy atom. The third-order valence-electron chi connectivity index (χ3n) is 2.59. The zero-order chi connectivity index (χ0) is 12.6. The van der Waals surface area contributed by atoms with Crippen LogP contribution in [-0.2, 0) is 4.79 Å². The van der Waals surface area contributed by atoms with Crippen LogP contribution >= 0.6 is 0 Å². The van der Waals surface area contributed by atoms with Crippen molar-refractivity contribution in [3.63, 3.8) is 0 Å². The van der Waals surface area contributed by atoms with Crippen LogP contribution < -0.4 is 10.6 Å². The highest BCUT2D eigenvalue weighted by molar-refractivity contribution is 5.96. The molecular formula is C10H10FN3O3. The Kier molecular flexibility index (Phi) is 2.76. The van der Waals surface area contributed by atoms with Crippen molar-refractivity contribution in [3.05, 3.63) is 34.1 Å². The van der Waals surface area contributed by atoms with Crippen LogP contribution in [0.4, 0.5) is 15.8 Å². The van der Waals surface area contributed by atoms with E-state index in [1.165, 1.54) is 11.0 Å². The third kappa shape index (κ3) is 2.09. The van der Waals surface area contributed by atoms with Crippen molar-refractivity contribution in [2.24, 2.45) is 5.73 Å². The summed E-state index contributed by atoms with van der Waals surface area (Å²) in [5.41, 5.74) is 5.28. The number of non-ortho nitro benzene ring substituents is 1. The molecular weight excluding hydrogens is 229 g/mol. The molecule has 1 amide bonds. The van der Waals surface area contributed by atoms with Crippen LogP contribution in [0.1, 0.15) is 6.42 Å². The molecule has 1 aliphatic heterocycles. The van der Waals surface area contributed by atoms with Crippen molar-refractivity contribution >= 4 is 17.3 Å². The molecule has 1 aromatic carbocycles. The molecule has 90 valence electrons. The Bertz CT molecular complexity index is 492. The van der Waals surface area contributed by atoms with Gasteiger partial charge in [0.25, 0.3) is 5.69 Å². The van der Waals surface area contributed by atoms with E-state index in [0.29, 0.717) is 0 Å². The first-order valence-electron chi connectivity index (χ1n) is 4.99. The lowest BCUT2D eigenvalue weighted by atomic mass is 10.2. The quantitative estimate of drug-likeness (QED) is 0.610. The number of hydrogen-bond acceptors (Lipinski definition) is 4. The van der Waals surface area contributed by atoms with Gasteiger partial charge in [-0.05, 0) is 6.07 Å². The Labute approximate surface area is 96.0 Å². The van der Waals surface area contributed by atoms with E-state index in [1.54, 1.807) is 0 Å². The highest BCUT2D eigenvalue weighted by Gasteiger charge is 2.30.